The van der Waals surface area contributed by atoms with Crippen molar-refractivity contribution in [1.82, 2.24) is 20.1 Å². The van der Waals surface area contributed by atoms with Crippen LogP contribution in [0.1, 0.15) is 44.7 Å². The number of aliphatic imine (C=N–C) groups is 1. The zero-order valence-corrected chi connectivity index (χ0v) is 22.4. The molecule has 0 aliphatic carbocycles. The van der Waals surface area contributed by atoms with Crippen molar-refractivity contribution < 1.29 is 14.3 Å². The third kappa shape index (κ3) is 9.74. The highest BCUT2D eigenvalue weighted by atomic mass is 127. The third-order valence-corrected chi connectivity index (χ3v) is 6.09. The largest absolute Gasteiger partial charge is 0.376 e. The van der Waals surface area contributed by atoms with Crippen LogP contribution in [0.2, 0.25) is 0 Å². The molecule has 2 aliphatic heterocycles. The summed E-state index contributed by atoms with van der Waals surface area (Å²) in [5.41, 5.74) is 0.990. The molecular weight excluding hydrogens is 533 g/mol. The van der Waals surface area contributed by atoms with Crippen molar-refractivity contribution in [3.8, 4) is 0 Å². The van der Waals surface area contributed by atoms with Gasteiger partial charge in [-0.2, -0.15) is 0 Å². The van der Waals surface area contributed by atoms with E-state index in [-0.39, 0.29) is 48.6 Å². The van der Waals surface area contributed by atoms with E-state index in [1.165, 1.54) is 12.8 Å². The van der Waals surface area contributed by atoms with Crippen LogP contribution in [0.3, 0.4) is 0 Å². The van der Waals surface area contributed by atoms with Crippen molar-refractivity contribution in [2.24, 2.45) is 4.99 Å². The number of nitrogens with one attached hydrogen (secondary N) is 1. The molecule has 1 N–H and O–H groups in total. The summed E-state index contributed by atoms with van der Waals surface area (Å²) in [7, 11) is 1.83. The van der Waals surface area contributed by atoms with Gasteiger partial charge in [-0.3, -0.25) is 9.78 Å². The number of hydrogen-bond donors (Lipinski definition) is 1. The van der Waals surface area contributed by atoms with Gasteiger partial charge in [-0.25, -0.2) is 4.99 Å². The van der Waals surface area contributed by atoms with E-state index in [2.05, 4.69) is 27.1 Å². The number of likely N-dealkylation sites (tertiary alicyclic amines) is 1. The standard InChI is InChI=1S/C24H39N5O3.HI/c1-3-25-24(27-18-23(30)28(2)14-10-20-8-4-6-13-26-20)29-15-11-21(12-16-29)32-19-22-9-5-7-17-31-22;/h4,6,8,13,21-22H,3,5,7,9-12,14-19H2,1-2H3,(H,25,27);1H. The number of aromatic nitrogens is 1. The van der Waals surface area contributed by atoms with Gasteiger partial charge in [-0.05, 0) is 51.2 Å². The molecule has 3 rings (SSSR count). The van der Waals surface area contributed by atoms with E-state index < -0.39 is 0 Å². The lowest BCUT2D eigenvalue weighted by molar-refractivity contribution is -0.128. The number of piperidine rings is 1. The van der Waals surface area contributed by atoms with E-state index in [0.29, 0.717) is 13.2 Å². The Hall–Kier alpha value is -1.46. The highest BCUT2D eigenvalue weighted by Crippen LogP contribution is 2.18. The van der Waals surface area contributed by atoms with Crippen LogP contribution in [0.5, 0.6) is 0 Å². The van der Waals surface area contributed by atoms with E-state index in [1.54, 1.807) is 11.1 Å². The summed E-state index contributed by atoms with van der Waals surface area (Å²) in [6, 6.07) is 5.85. The van der Waals surface area contributed by atoms with Crippen LogP contribution in [-0.2, 0) is 20.7 Å². The summed E-state index contributed by atoms with van der Waals surface area (Å²) >= 11 is 0. The lowest BCUT2D eigenvalue weighted by Gasteiger charge is -2.35. The molecule has 1 aromatic heterocycles. The summed E-state index contributed by atoms with van der Waals surface area (Å²) in [4.78, 5) is 25.5. The Bertz CT molecular complexity index is 707. The Labute approximate surface area is 215 Å². The number of carbonyl (C=O) groups excluding carboxylic acids is 1. The number of nitrogens with zero attached hydrogens (tertiary/aromatic N) is 4. The molecule has 1 aromatic rings. The molecule has 1 amide bonds. The number of ether oxygens (including phenoxy) is 2. The fraction of sp³-hybridized carbons (Fsp3) is 0.708. The van der Waals surface area contributed by atoms with Crippen LogP contribution in [0.4, 0.5) is 0 Å². The normalized spacial score (nSPS) is 19.6. The van der Waals surface area contributed by atoms with Crippen LogP contribution in [0, 0.1) is 0 Å². The first kappa shape index (κ1) is 27.8. The van der Waals surface area contributed by atoms with Crippen LogP contribution in [-0.4, -0.2) is 91.8 Å². The summed E-state index contributed by atoms with van der Waals surface area (Å²) < 4.78 is 11.9. The SMILES string of the molecule is CCNC(=NCC(=O)N(C)CCc1ccccn1)N1CCC(OCC2CCCCO2)CC1.I. The molecule has 2 fully saturated rings. The van der Waals surface area contributed by atoms with Crippen LogP contribution in [0.25, 0.3) is 0 Å². The molecule has 2 aliphatic rings. The summed E-state index contributed by atoms with van der Waals surface area (Å²) in [6.07, 6.45) is 8.52. The minimum atomic E-state index is 0. The van der Waals surface area contributed by atoms with Crippen molar-refractivity contribution in [2.45, 2.75) is 57.7 Å². The topological polar surface area (TPSA) is 79.3 Å². The van der Waals surface area contributed by atoms with Crippen molar-refractivity contribution >= 4 is 35.8 Å². The van der Waals surface area contributed by atoms with E-state index >= 15 is 0 Å². The van der Waals surface area contributed by atoms with Gasteiger partial charge in [0.25, 0.3) is 0 Å². The molecule has 1 unspecified atom stereocenters. The maximum Gasteiger partial charge on any atom is 0.244 e. The highest BCUT2D eigenvalue weighted by molar-refractivity contribution is 14.0. The fourth-order valence-corrected chi connectivity index (χ4v) is 4.06. The maximum atomic E-state index is 12.6. The molecule has 0 aromatic carbocycles. The van der Waals surface area contributed by atoms with E-state index in [4.69, 9.17) is 9.47 Å². The van der Waals surface area contributed by atoms with Gasteiger partial charge in [-0.15, -0.1) is 24.0 Å². The number of halogens is 1. The van der Waals surface area contributed by atoms with Gasteiger partial charge in [0.1, 0.15) is 6.54 Å². The second-order valence-corrected chi connectivity index (χ2v) is 8.56. The lowest BCUT2D eigenvalue weighted by Crippen LogP contribution is -2.47. The Morgan fingerprint density at radius 2 is 2.12 bits per heavy atom. The number of rotatable bonds is 9. The Morgan fingerprint density at radius 1 is 1.30 bits per heavy atom. The quantitative estimate of drug-likeness (QED) is 0.278. The smallest absolute Gasteiger partial charge is 0.244 e. The van der Waals surface area contributed by atoms with Crippen LogP contribution in [0.15, 0.2) is 29.4 Å². The van der Waals surface area contributed by atoms with Gasteiger partial charge < -0.3 is 24.6 Å². The second-order valence-electron chi connectivity index (χ2n) is 8.56. The third-order valence-electron chi connectivity index (χ3n) is 6.09. The summed E-state index contributed by atoms with van der Waals surface area (Å²) in [5, 5.41) is 3.34. The van der Waals surface area contributed by atoms with Gasteiger partial charge >= 0.3 is 0 Å². The molecule has 9 heteroatoms. The van der Waals surface area contributed by atoms with Gasteiger partial charge in [0, 0.05) is 58.1 Å². The average Bonchev–Trinajstić information content (AvgIpc) is 2.85. The first-order valence-corrected chi connectivity index (χ1v) is 12.1. The Balaban J connectivity index is 0.00000385. The number of pyridine rings is 1. The van der Waals surface area contributed by atoms with Gasteiger partial charge in [0.15, 0.2) is 5.96 Å². The molecule has 0 bridgehead atoms. The van der Waals surface area contributed by atoms with Crippen LogP contribution >= 0.6 is 24.0 Å². The molecule has 0 radical (unpaired) electrons. The maximum absolute atomic E-state index is 12.6. The highest BCUT2D eigenvalue weighted by Gasteiger charge is 2.24. The monoisotopic (exact) mass is 573 g/mol. The fourth-order valence-electron chi connectivity index (χ4n) is 4.06. The zero-order chi connectivity index (χ0) is 22.6. The molecule has 2 saturated heterocycles. The Kier molecular flexibility index (Phi) is 13.0. The van der Waals surface area contributed by atoms with Crippen molar-refractivity contribution in [3.63, 3.8) is 0 Å². The average molecular weight is 574 g/mol. The molecule has 186 valence electrons. The van der Waals surface area contributed by atoms with Gasteiger partial charge in [-0.1, -0.05) is 6.07 Å². The zero-order valence-electron chi connectivity index (χ0n) is 20.1. The van der Waals surface area contributed by atoms with Crippen molar-refractivity contribution in [3.05, 3.63) is 30.1 Å². The number of amides is 1. The molecule has 0 spiro atoms. The summed E-state index contributed by atoms with van der Waals surface area (Å²) in [5.74, 6) is 0.829. The first-order valence-electron chi connectivity index (χ1n) is 12.1. The second kappa shape index (κ2) is 15.4. The molecule has 33 heavy (non-hydrogen) atoms. The minimum Gasteiger partial charge on any atom is -0.376 e. The van der Waals surface area contributed by atoms with Crippen LogP contribution < -0.4 is 5.32 Å². The van der Waals surface area contributed by atoms with E-state index in [1.807, 2.05) is 25.2 Å². The minimum absolute atomic E-state index is 0. The summed E-state index contributed by atoms with van der Waals surface area (Å²) in [6.45, 7) is 6.95. The Morgan fingerprint density at radius 3 is 2.79 bits per heavy atom. The number of likely N-dealkylation sites (N-methyl/N-ethyl adjacent to an activating group) is 1. The molecule has 1 atom stereocenters. The molecule has 0 saturated carbocycles. The molecular formula is C24H40IN5O3. The molecule has 3 heterocycles. The number of guanidine groups is 1. The van der Waals surface area contributed by atoms with Gasteiger partial charge in [0.2, 0.25) is 5.91 Å². The molecule has 8 nitrogen and oxygen atoms in total. The van der Waals surface area contributed by atoms with Crippen molar-refractivity contribution in [2.75, 3.05) is 53.0 Å². The number of hydrogen-bond acceptors (Lipinski definition) is 5. The predicted octanol–water partition coefficient (Wildman–Crippen LogP) is 2.72. The number of carbonyl (C=O) groups is 1. The predicted molar refractivity (Wildman–Crippen MR) is 141 cm³/mol. The van der Waals surface area contributed by atoms with E-state index in [9.17, 15) is 4.79 Å². The van der Waals surface area contributed by atoms with Crippen molar-refractivity contribution in [1.29, 1.82) is 0 Å². The first-order chi connectivity index (χ1) is 15.7. The van der Waals surface area contributed by atoms with Gasteiger partial charge in [0.05, 0.1) is 18.8 Å². The van der Waals surface area contributed by atoms with E-state index in [0.717, 1.165) is 63.6 Å². The lowest BCUT2D eigenvalue weighted by atomic mass is 10.1.